The van der Waals surface area contributed by atoms with Crippen LogP contribution in [0.25, 0.3) is 10.8 Å². The molecule has 0 saturated heterocycles. The highest BCUT2D eigenvalue weighted by Crippen LogP contribution is 2.33. The Hall–Kier alpha value is -3.25. The molecule has 0 bridgehead atoms. The number of ether oxygens (including phenoxy) is 3. The van der Waals surface area contributed by atoms with Gasteiger partial charge >= 0.3 is 0 Å². The van der Waals surface area contributed by atoms with E-state index in [1.54, 1.807) is 21.3 Å². The van der Waals surface area contributed by atoms with Gasteiger partial charge in [0.2, 0.25) is 0 Å². The standard InChI is InChI=1S/C29H36N2O4/c1-19-24-10-8-21(16-22(24)9-11-26(19)33-4)20(2)30(3)13-7-14-31-15-12-23-17-27(34-5)28(35-6)18-25(23)29(31)32/h8-11,16-18,20H,7,12-15H2,1-6H3. The molecule has 0 fully saturated rings. The molecule has 1 aliphatic rings. The third-order valence-corrected chi connectivity index (χ3v) is 7.34. The Balaban J connectivity index is 1.37. The number of carbonyl (C=O) groups is 1. The van der Waals surface area contributed by atoms with Gasteiger partial charge in [0, 0.05) is 31.2 Å². The predicted molar refractivity (Wildman–Crippen MR) is 140 cm³/mol. The van der Waals surface area contributed by atoms with Crippen molar-refractivity contribution in [1.82, 2.24) is 9.80 Å². The normalized spacial score (nSPS) is 14.3. The minimum Gasteiger partial charge on any atom is -0.496 e. The maximum absolute atomic E-state index is 13.1. The van der Waals surface area contributed by atoms with Crippen molar-refractivity contribution in [2.45, 2.75) is 32.7 Å². The molecular weight excluding hydrogens is 440 g/mol. The predicted octanol–water partition coefficient (Wildman–Crippen LogP) is 5.26. The molecule has 1 unspecified atom stereocenters. The van der Waals surface area contributed by atoms with Crippen LogP contribution >= 0.6 is 0 Å². The van der Waals surface area contributed by atoms with Gasteiger partial charge in [0.05, 0.1) is 21.3 Å². The average molecular weight is 477 g/mol. The number of benzene rings is 3. The van der Waals surface area contributed by atoms with Gasteiger partial charge in [0.15, 0.2) is 11.5 Å². The molecule has 4 rings (SSSR count). The third-order valence-electron chi connectivity index (χ3n) is 7.34. The van der Waals surface area contributed by atoms with Crippen LogP contribution in [-0.2, 0) is 6.42 Å². The molecule has 1 amide bonds. The lowest BCUT2D eigenvalue weighted by Crippen LogP contribution is -2.39. The number of carbonyl (C=O) groups excluding carboxylic acids is 1. The van der Waals surface area contributed by atoms with E-state index in [1.807, 2.05) is 23.1 Å². The number of fused-ring (bicyclic) bond motifs is 2. The number of aryl methyl sites for hydroxylation is 1. The first-order chi connectivity index (χ1) is 16.9. The quantitative estimate of drug-likeness (QED) is 0.422. The second-order valence-corrected chi connectivity index (χ2v) is 9.29. The van der Waals surface area contributed by atoms with E-state index >= 15 is 0 Å². The Labute approximate surface area is 208 Å². The van der Waals surface area contributed by atoms with Crippen molar-refractivity contribution < 1.29 is 19.0 Å². The van der Waals surface area contributed by atoms with Crippen LogP contribution in [0.4, 0.5) is 0 Å². The van der Waals surface area contributed by atoms with E-state index < -0.39 is 0 Å². The molecule has 1 atom stereocenters. The molecule has 6 heteroatoms. The topological polar surface area (TPSA) is 51.2 Å². The summed E-state index contributed by atoms with van der Waals surface area (Å²) in [5, 5.41) is 2.45. The van der Waals surface area contributed by atoms with Crippen LogP contribution in [0.1, 0.15) is 46.4 Å². The van der Waals surface area contributed by atoms with Crippen LogP contribution < -0.4 is 14.2 Å². The van der Waals surface area contributed by atoms with Crippen LogP contribution in [0, 0.1) is 6.92 Å². The minimum atomic E-state index is 0.0724. The lowest BCUT2D eigenvalue weighted by Gasteiger charge is -2.31. The first-order valence-corrected chi connectivity index (χ1v) is 12.2. The maximum Gasteiger partial charge on any atom is 0.254 e. The third kappa shape index (κ3) is 4.94. The largest absolute Gasteiger partial charge is 0.496 e. The molecule has 1 heterocycles. The molecule has 0 aromatic heterocycles. The summed E-state index contributed by atoms with van der Waals surface area (Å²) in [6, 6.07) is 14.9. The van der Waals surface area contributed by atoms with E-state index in [0.717, 1.165) is 49.4 Å². The molecule has 3 aromatic carbocycles. The molecule has 0 aliphatic carbocycles. The Morgan fingerprint density at radius 2 is 1.69 bits per heavy atom. The van der Waals surface area contributed by atoms with Crippen molar-refractivity contribution in [2.75, 3.05) is 48.0 Å². The lowest BCUT2D eigenvalue weighted by molar-refractivity contribution is 0.0730. The van der Waals surface area contributed by atoms with Gasteiger partial charge in [0.1, 0.15) is 5.75 Å². The van der Waals surface area contributed by atoms with Gasteiger partial charge in [-0.2, -0.15) is 0 Å². The zero-order chi connectivity index (χ0) is 25.1. The average Bonchev–Trinajstić information content (AvgIpc) is 2.88. The second-order valence-electron chi connectivity index (χ2n) is 9.29. The number of hydrogen-bond donors (Lipinski definition) is 0. The molecule has 0 saturated carbocycles. The summed E-state index contributed by atoms with van der Waals surface area (Å²) in [6.45, 7) is 6.71. The highest BCUT2D eigenvalue weighted by Gasteiger charge is 2.26. The number of nitrogens with zero attached hydrogens (tertiary/aromatic N) is 2. The summed E-state index contributed by atoms with van der Waals surface area (Å²) in [5.74, 6) is 2.26. The second kappa shape index (κ2) is 10.6. The summed E-state index contributed by atoms with van der Waals surface area (Å²) in [4.78, 5) is 17.4. The van der Waals surface area contributed by atoms with E-state index in [2.05, 4.69) is 50.1 Å². The van der Waals surface area contributed by atoms with Crippen LogP contribution in [-0.4, -0.2) is 63.7 Å². The monoisotopic (exact) mass is 476 g/mol. The molecule has 186 valence electrons. The van der Waals surface area contributed by atoms with Crippen LogP contribution in [0.3, 0.4) is 0 Å². The molecular formula is C29H36N2O4. The Morgan fingerprint density at radius 1 is 0.971 bits per heavy atom. The van der Waals surface area contributed by atoms with Gasteiger partial charge in [-0.05, 0) is 85.5 Å². The van der Waals surface area contributed by atoms with Crippen molar-refractivity contribution in [1.29, 1.82) is 0 Å². The smallest absolute Gasteiger partial charge is 0.254 e. The zero-order valence-corrected chi connectivity index (χ0v) is 21.7. The molecule has 35 heavy (non-hydrogen) atoms. The van der Waals surface area contributed by atoms with Crippen molar-refractivity contribution in [2.24, 2.45) is 0 Å². The van der Waals surface area contributed by atoms with Crippen molar-refractivity contribution in [3.63, 3.8) is 0 Å². The molecule has 6 nitrogen and oxygen atoms in total. The highest BCUT2D eigenvalue weighted by atomic mass is 16.5. The van der Waals surface area contributed by atoms with Crippen molar-refractivity contribution >= 4 is 16.7 Å². The van der Waals surface area contributed by atoms with E-state index in [-0.39, 0.29) is 11.9 Å². The van der Waals surface area contributed by atoms with Crippen LogP contribution in [0.15, 0.2) is 42.5 Å². The van der Waals surface area contributed by atoms with Crippen molar-refractivity contribution in [3.8, 4) is 17.2 Å². The fraction of sp³-hybridized carbons (Fsp3) is 0.414. The summed E-state index contributed by atoms with van der Waals surface area (Å²) in [5.41, 5.74) is 4.20. The molecule has 0 radical (unpaired) electrons. The van der Waals surface area contributed by atoms with Gasteiger partial charge in [-0.1, -0.05) is 18.2 Å². The van der Waals surface area contributed by atoms with Gasteiger partial charge in [-0.3, -0.25) is 9.69 Å². The number of methoxy groups -OCH3 is 3. The number of rotatable bonds is 9. The van der Waals surface area contributed by atoms with Gasteiger partial charge < -0.3 is 19.1 Å². The van der Waals surface area contributed by atoms with Gasteiger partial charge in [0.25, 0.3) is 5.91 Å². The summed E-state index contributed by atoms with van der Waals surface area (Å²) >= 11 is 0. The maximum atomic E-state index is 13.1. The number of hydrogen-bond acceptors (Lipinski definition) is 5. The zero-order valence-electron chi connectivity index (χ0n) is 21.7. The SMILES string of the molecule is COc1cc2c(cc1OC)C(=O)N(CCCN(C)C(C)c1ccc3c(C)c(OC)ccc3c1)CC2. The molecule has 1 aliphatic heterocycles. The lowest BCUT2D eigenvalue weighted by atomic mass is 9.97. The van der Waals surface area contributed by atoms with Crippen LogP contribution in [0.5, 0.6) is 17.2 Å². The molecule has 3 aromatic rings. The summed E-state index contributed by atoms with van der Waals surface area (Å²) in [6.07, 6.45) is 1.74. The van der Waals surface area contributed by atoms with E-state index in [0.29, 0.717) is 11.5 Å². The van der Waals surface area contributed by atoms with Gasteiger partial charge in [-0.25, -0.2) is 0 Å². The Morgan fingerprint density at radius 3 is 2.40 bits per heavy atom. The van der Waals surface area contributed by atoms with Crippen LogP contribution in [0.2, 0.25) is 0 Å². The van der Waals surface area contributed by atoms with Crippen molar-refractivity contribution in [3.05, 3.63) is 64.7 Å². The Kier molecular flexibility index (Phi) is 7.51. The fourth-order valence-electron chi connectivity index (χ4n) is 4.99. The van der Waals surface area contributed by atoms with E-state index in [1.165, 1.54) is 21.9 Å². The first-order valence-electron chi connectivity index (χ1n) is 12.2. The van der Waals surface area contributed by atoms with Gasteiger partial charge in [-0.15, -0.1) is 0 Å². The molecule has 0 spiro atoms. The summed E-state index contributed by atoms with van der Waals surface area (Å²) < 4.78 is 16.3. The van der Waals surface area contributed by atoms with E-state index in [4.69, 9.17) is 14.2 Å². The fourth-order valence-corrected chi connectivity index (χ4v) is 4.99. The summed E-state index contributed by atoms with van der Waals surface area (Å²) in [7, 11) is 7.08. The Bertz CT molecular complexity index is 1220. The number of amides is 1. The highest BCUT2D eigenvalue weighted by molar-refractivity contribution is 5.97. The minimum absolute atomic E-state index is 0.0724. The van der Waals surface area contributed by atoms with E-state index in [9.17, 15) is 4.79 Å². The molecule has 0 N–H and O–H groups in total. The first kappa shape index (κ1) is 24.9.